The molecule has 2 heterocycles. The first-order valence-corrected chi connectivity index (χ1v) is 5.80. The first-order chi connectivity index (χ1) is 7.59. The Morgan fingerprint density at radius 1 is 1.50 bits per heavy atom. The number of ketones is 1. The minimum Gasteiger partial charge on any atom is -0.326 e. The van der Waals surface area contributed by atoms with Gasteiger partial charge < -0.3 is 10.6 Å². The molecule has 0 saturated heterocycles. The van der Waals surface area contributed by atoms with Gasteiger partial charge in [0.25, 0.3) is 0 Å². The summed E-state index contributed by atoms with van der Waals surface area (Å²) >= 11 is 1.53. The number of hydrogen-bond donors (Lipinski definition) is 2. The summed E-state index contributed by atoms with van der Waals surface area (Å²) in [5.74, 6) is -0.0246. The van der Waals surface area contributed by atoms with Crippen molar-refractivity contribution in [1.29, 1.82) is 0 Å². The highest BCUT2D eigenvalue weighted by molar-refractivity contribution is 7.10. The predicted molar refractivity (Wildman–Crippen MR) is 62.1 cm³/mol. The van der Waals surface area contributed by atoms with Gasteiger partial charge >= 0.3 is 6.03 Å². The van der Waals surface area contributed by atoms with Gasteiger partial charge in [-0.15, -0.1) is 11.3 Å². The van der Waals surface area contributed by atoms with Crippen molar-refractivity contribution in [3.05, 3.63) is 33.7 Å². The Labute approximate surface area is 97.4 Å². The van der Waals surface area contributed by atoms with Gasteiger partial charge in [0.05, 0.1) is 6.04 Å². The molecule has 0 fully saturated rings. The molecule has 4 nitrogen and oxygen atoms in total. The van der Waals surface area contributed by atoms with Crippen molar-refractivity contribution >= 4 is 23.2 Å². The molecular weight excluding hydrogens is 224 g/mol. The van der Waals surface area contributed by atoms with Crippen LogP contribution in [0.4, 0.5) is 4.79 Å². The normalized spacial score (nSPS) is 20.4. The second-order valence-corrected chi connectivity index (χ2v) is 4.62. The van der Waals surface area contributed by atoms with E-state index in [-0.39, 0.29) is 17.9 Å². The second-order valence-electron chi connectivity index (χ2n) is 3.64. The van der Waals surface area contributed by atoms with Crippen molar-refractivity contribution in [2.24, 2.45) is 0 Å². The van der Waals surface area contributed by atoms with Crippen LogP contribution in [0.5, 0.6) is 0 Å². The lowest BCUT2D eigenvalue weighted by Gasteiger charge is -2.26. The van der Waals surface area contributed by atoms with E-state index in [2.05, 4.69) is 10.6 Å². The van der Waals surface area contributed by atoms with E-state index in [4.69, 9.17) is 0 Å². The first-order valence-electron chi connectivity index (χ1n) is 4.92. The van der Waals surface area contributed by atoms with Crippen molar-refractivity contribution in [2.45, 2.75) is 19.9 Å². The van der Waals surface area contributed by atoms with Gasteiger partial charge in [-0.2, -0.15) is 0 Å². The third-order valence-electron chi connectivity index (χ3n) is 2.48. The molecule has 1 aromatic rings. The van der Waals surface area contributed by atoms with Crippen molar-refractivity contribution in [3.63, 3.8) is 0 Å². The van der Waals surface area contributed by atoms with Crippen LogP contribution in [-0.4, -0.2) is 11.8 Å². The van der Waals surface area contributed by atoms with Crippen LogP contribution in [0.3, 0.4) is 0 Å². The minimum atomic E-state index is -0.314. The number of allylic oxidation sites excluding steroid dienone is 1. The molecule has 0 spiro atoms. The second kappa shape index (κ2) is 4.09. The van der Waals surface area contributed by atoms with Crippen LogP contribution in [0, 0.1) is 0 Å². The van der Waals surface area contributed by atoms with E-state index in [1.807, 2.05) is 17.5 Å². The van der Waals surface area contributed by atoms with Crippen LogP contribution in [0.15, 0.2) is 28.8 Å². The summed E-state index contributed by atoms with van der Waals surface area (Å²) in [7, 11) is 0. The molecule has 1 atom stereocenters. The van der Waals surface area contributed by atoms with Crippen molar-refractivity contribution in [1.82, 2.24) is 10.6 Å². The molecule has 2 amide bonds. The maximum Gasteiger partial charge on any atom is 0.319 e. The van der Waals surface area contributed by atoms with Crippen LogP contribution in [0.25, 0.3) is 0 Å². The van der Waals surface area contributed by atoms with Gasteiger partial charge in [0.15, 0.2) is 5.78 Å². The number of thiophene rings is 1. The van der Waals surface area contributed by atoms with Gasteiger partial charge in [0.1, 0.15) is 0 Å². The lowest BCUT2D eigenvalue weighted by molar-refractivity contribution is -0.114. The Morgan fingerprint density at radius 2 is 2.25 bits per heavy atom. The van der Waals surface area contributed by atoms with Crippen molar-refractivity contribution in [3.8, 4) is 0 Å². The summed E-state index contributed by atoms with van der Waals surface area (Å²) in [6, 6.07) is 3.24. The molecule has 2 rings (SSSR count). The van der Waals surface area contributed by atoms with Crippen molar-refractivity contribution < 1.29 is 9.59 Å². The summed E-state index contributed by atoms with van der Waals surface area (Å²) < 4.78 is 0. The molecule has 1 aliphatic rings. The predicted octanol–water partition coefficient (Wildman–Crippen LogP) is 1.96. The summed E-state index contributed by atoms with van der Waals surface area (Å²) in [5.41, 5.74) is 1.26. The van der Waals surface area contributed by atoms with E-state index in [1.54, 1.807) is 6.92 Å². The number of amides is 2. The van der Waals surface area contributed by atoms with Gasteiger partial charge in [0, 0.05) is 16.1 Å². The Balaban J connectivity index is 2.46. The van der Waals surface area contributed by atoms with E-state index >= 15 is 0 Å². The molecule has 84 valence electrons. The molecule has 1 aromatic heterocycles. The van der Waals surface area contributed by atoms with Crippen LogP contribution >= 0.6 is 11.3 Å². The third-order valence-corrected chi connectivity index (χ3v) is 3.41. The standard InChI is InChI=1S/C11H12N2O2S/c1-6-9(7(2)14)10(13-11(15)12-6)8-4-3-5-16-8/h3-5,10H,1-2H3,(H2,12,13,15)/t10-/m1/s1. The molecular formula is C11H12N2O2S. The number of urea groups is 1. The fourth-order valence-electron chi connectivity index (χ4n) is 1.83. The summed E-state index contributed by atoms with van der Waals surface area (Å²) in [4.78, 5) is 23.9. The summed E-state index contributed by atoms with van der Waals surface area (Å²) in [6.07, 6.45) is 0. The average molecular weight is 236 g/mol. The van der Waals surface area contributed by atoms with Crippen LogP contribution in [0.1, 0.15) is 24.8 Å². The van der Waals surface area contributed by atoms with Gasteiger partial charge in [-0.25, -0.2) is 4.79 Å². The molecule has 0 radical (unpaired) electrons. The van der Waals surface area contributed by atoms with Gasteiger partial charge in [-0.3, -0.25) is 4.79 Å². The zero-order valence-electron chi connectivity index (χ0n) is 9.03. The quantitative estimate of drug-likeness (QED) is 0.824. The van der Waals surface area contributed by atoms with E-state index < -0.39 is 0 Å². The lowest BCUT2D eigenvalue weighted by Crippen LogP contribution is -2.44. The lowest BCUT2D eigenvalue weighted by atomic mass is 9.98. The molecule has 16 heavy (non-hydrogen) atoms. The van der Waals surface area contributed by atoms with E-state index in [1.165, 1.54) is 18.3 Å². The number of rotatable bonds is 2. The fourth-order valence-corrected chi connectivity index (χ4v) is 2.61. The topological polar surface area (TPSA) is 58.2 Å². The highest BCUT2D eigenvalue weighted by atomic mass is 32.1. The SMILES string of the molecule is CC(=O)C1=C(C)NC(=O)N[C@@H]1c1cccs1. The van der Waals surface area contributed by atoms with E-state index in [0.717, 1.165) is 4.88 Å². The van der Waals surface area contributed by atoms with Crippen LogP contribution in [-0.2, 0) is 4.79 Å². The maximum atomic E-state index is 11.6. The van der Waals surface area contributed by atoms with E-state index in [0.29, 0.717) is 11.3 Å². The Kier molecular flexibility index (Phi) is 2.78. The van der Waals surface area contributed by atoms with Gasteiger partial charge in [0.2, 0.25) is 0 Å². The number of carbonyl (C=O) groups is 2. The first kappa shape index (κ1) is 10.9. The largest absolute Gasteiger partial charge is 0.326 e. The van der Waals surface area contributed by atoms with Gasteiger partial charge in [-0.05, 0) is 25.3 Å². The Hall–Kier alpha value is -1.62. The molecule has 5 heteroatoms. The third kappa shape index (κ3) is 1.86. The fraction of sp³-hybridized carbons (Fsp3) is 0.273. The molecule has 0 saturated carbocycles. The summed E-state index contributed by atoms with van der Waals surface area (Å²) in [6.45, 7) is 3.26. The monoisotopic (exact) mass is 236 g/mol. The zero-order valence-corrected chi connectivity index (χ0v) is 9.85. The number of hydrogen-bond acceptors (Lipinski definition) is 3. The molecule has 2 N–H and O–H groups in total. The Bertz CT molecular complexity index is 462. The van der Waals surface area contributed by atoms with Gasteiger partial charge in [-0.1, -0.05) is 6.07 Å². The highest BCUT2D eigenvalue weighted by Crippen LogP contribution is 2.29. The zero-order chi connectivity index (χ0) is 11.7. The Morgan fingerprint density at radius 3 is 2.81 bits per heavy atom. The van der Waals surface area contributed by atoms with Crippen molar-refractivity contribution in [2.75, 3.05) is 0 Å². The highest BCUT2D eigenvalue weighted by Gasteiger charge is 2.29. The molecule has 1 aliphatic heterocycles. The molecule has 0 aromatic carbocycles. The molecule has 0 bridgehead atoms. The van der Waals surface area contributed by atoms with E-state index in [9.17, 15) is 9.59 Å². The summed E-state index contributed by atoms with van der Waals surface area (Å²) in [5, 5.41) is 7.31. The molecule has 0 unspecified atom stereocenters. The smallest absolute Gasteiger partial charge is 0.319 e. The molecule has 0 aliphatic carbocycles. The maximum absolute atomic E-state index is 11.6. The number of Topliss-reactive ketones (excluding diaryl/α,β-unsaturated/α-hetero) is 1. The van der Waals surface area contributed by atoms with Crippen LogP contribution in [0.2, 0.25) is 0 Å². The van der Waals surface area contributed by atoms with Crippen LogP contribution < -0.4 is 10.6 Å². The minimum absolute atomic E-state index is 0.0246. The average Bonchev–Trinajstić information content (AvgIpc) is 2.67. The number of carbonyl (C=O) groups excluding carboxylic acids is 2. The number of nitrogens with one attached hydrogen (secondary N) is 2.